The molecule has 4 heteroatoms. The number of aliphatic carboxylic acids is 1. The van der Waals surface area contributed by atoms with Crippen molar-refractivity contribution in [1.29, 1.82) is 0 Å². The van der Waals surface area contributed by atoms with E-state index in [0.717, 1.165) is 24.8 Å². The fourth-order valence-electron chi connectivity index (χ4n) is 4.84. The van der Waals surface area contributed by atoms with E-state index in [-0.39, 0.29) is 11.8 Å². The van der Waals surface area contributed by atoms with Gasteiger partial charge in [0.05, 0.1) is 11.8 Å². The Bertz CT molecular complexity index is 409. The number of carboxylic acids is 1. The number of carbonyl (C=O) groups is 2. The molecule has 20 heavy (non-hydrogen) atoms. The van der Waals surface area contributed by atoms with E-state index in [1.165, 1.54) is 25.7 Å². The van der Waals surface area contributed by atoms with Gasteiger partial charge >= 0.3 is 5.97 Å². The molecule has 3 aliphatic rings. The van der Waals surface area contributed by atoms with Gasteiger partial charge in [0.2, 0.25) is 5.91 Å². The minimum atomic E-state index is -0.811. The Balaban J connectivity index is 1.52. The second kappa shape index (κ2) is 5.38. The van der Waals surface area contributed by atoms with Crippen molar-refractivity contribution in [3.05, 3.63) is 0 Å². The molecule has 0 heterocycles. The lowest BCUT2D eigenvalue weighted by Gasteiger charge is -2.23. The number of nitrogens with one attached hydrogen (secondary N) is 1. The van der Waals surface area contributed by atoms with Gasteiger partial charge in [-0.1, -0.05) is 13.3 Å². The monoisotopic (exact) mass is 279 g/mol. The molecule has 3 saturated carbocycles. The molecule has 4 nitrogen and oxygen atoms in total. The molecule has 2 N–H and O–H groups in total. The van der Waals surface area contributed by atoms with Crippen molar-refractivity contribution in [1.82, 2.24) is 5.32 Å². The van der Waals surface area contributed by atoms with Crippen LogP contribution in [-0.4, -0.2) is 23.5 Å². The van der Waals surface area contributed by atoms with E-state index in [0.29, 0.717) is 18.3 Å². The first-order valence-electron chi connectivity index (χ1n) is 8.05. The van der Waals surface area contributed by atoms with Crippen LogP contribution in [0.5, 0.6) is 0 Å². The minimum Gasteiger partial charge on any atom is -0.481 e. The summed E-state index contributed by atoms with van der Waals surface area (Å²) in [4.78, 5) is 23.5. The third-order valence-corrected chi connectivity index (χ3v) is 5.88. The van der Waals surface area contributed by atoms with Crippen LogP contribution in [0.15, 0.2) is 0 Å². The van der Waals surface area contributed by atoms with Crippen molar-refractivity contribution >= 4 is 11.9 Å². The van der Waals surface area contributed by atoms with E-state index < -0.39 is 11.9 Å². The summed E-state index contributed by atoms with van der Waals surface area (Å²) in [7, 11) is 0. The maximum Gasteiger partial charge on any atom is 0.307 e. The van der Waals surface area contributed by atoms with Gasteiger partial charge in [0, 0.05) is 6.54 Å². The molecule has 3 aliphatic carbocycles. The summed E-state index contributed by atoms with van der Waals surface area (Å²) >= 11 is 0. The van der Waals surface area contributed by atoms with Crippen molar-refractivity contribution in [2.45, 2.75) is 45.4 Å². The molecular formula is C16H25NO3. The van der Waals surface area contributed by atoms with Gasteiger partial charge in [-0.15, -0.1) is 0 Å². The maximum absolute atomic E-state index is 12.3. The Morgan fingerprint density at radius 3 is 2.45 bits per heavy atom. The van der Waals surface area contributed by atoms with Crippen LogP contribution in [0.3, 0.4) is 0 Å². The van der Waals surface area contributed by atoms with Gasteiger partial charge in [-0.3, -0.25) is 9.59 Å². The summed E-state index contributed by atoms with van der Waals surface area (Å²) in [5.74, 6) is 1.04. The average molecular weight is 279 g/mol. The quantitative estimate of drug-likeness (QED) is 0.829. The van der Waals surface area contributed by atoms with E-state index >= 15 is 0 Å². The van der Waals surface area contributed by atoms with Crippen LogP contribution < -0.4 is 5.32 Å². The van der Waals surface area contributed by atoms with Gasteiger partial charge in [-0.25, -0.2) is 0 Å². The van der Waals surface area contributed by atoms with Crippen LogP contribution in [0.2, 0.25) is 0 Å². The molecular weight excluding hydrogens is 254 g/mol. The number of carbonyl (C=O) groups excluding carboxylic acids is 1. The Hall–Kier alpha value is -1.06. The summed E-state index contributed by atoms with van der Waals surface area (Å²) in [6.45, 7) is 2.80. The summed E-state index contributed by atoms with van der Waals surface area (Å²) < 4.78 is 0. The van der Waals surface area contributed by atoms with Crippen LogP contribution in [0.25, 0.3) is 0 Å². The number of amides is 1. The average Bonchev–Trinajstić information content (AvgIpc) is 3.09. The molecule has 6 atom stereocenters. The fraction of sp³-hybridized carbons (Fsp3) is 0.875. The maximum atomic E-state index is 12.3. The predicted octanol–water partition coefficient (Wildman–Crippen LogP) is 2.29. The van der Waals surface area contributed by atoms with Gasteiger partial charge in [-0.05, 0) is 55.8 Å². The largest absolute Gasteiger partial charge is 0.481 e. The van der Waals surface area contributed by atoms with Gasteiger partial charge in [0.1, 0.15) is 0 Å². The van der Waals surface area contributed by atoms with E-state index in [1.54, 1.807) is 0 Å². The molecule has 0 aromatic rings. The third-order valence-electron chi connectivity index (χ3n) is 5.88. The molecule has 1 amide bonds. The lowest BCUT2D eigenvalue weighted by atomic mass is 9.88. The molecule has 112 valence electrons. The summed E-state index contributed by atoms with van der Waals surface area (Å²) in [5, 5.41) is 12.3. The van der Waals surface area contributed by atoms with Crippen LogP contribution in [0.4, 0.5) is 0 Å². The third kappa shape index (κ3) is 2.57. The van der Waals surface area contributed by atoms with Crippen molar-refractivity contribution in [2.75, 3.05) is 6.54 Å². The topological polar surface area (TPSA) is 66.4 Å². The number of rotatable bonds is 4. The number of carboxylic acid groups (broad SMARTS) is 1. The van der Waals surface area contributed by atoms with Crippen LogP contribution in [0, 0.1) is 35.5 Å². The minimum absolute atomic E-state index is 0.0236. The van der Waals surface area contributed by atoms with Gasteiger partial charge in [0.15, 0.2) is 0 Å². The number of fused-ring (bicyclic) bond motifs is 2. The highest BCUT2D eigenvalue weighted by Gasteiger charge is 2.42. The zero-order valence-corrected chi connectivity index (χ0v) is 12.2. The first-order chi connectivity index (χ1) is 9.54. The van der Waals surface area contributed by atoms with E-state index in [4.69, 9.17) is 0 Å². The highest BCUT2D eigenvalue weighted by atomic mass is 16.4. The van der Waals surface area contributed by atoms with Crippen molar-refractivity contribution in [3.8, 4) is 0 Å². The van der Waals surface area contributed by atoms with E-state index in [2.05, 4.69) is 5.32 Å². The van der Waals surface area contributed by atoms with Crippen LogP contribution in [0.1, 0.15) is 45.4 Å². The highest BCUT2D eigenvalue weighted by Crippen LogP contribution is 2.48. The lowest BCUT2D eigenvalue weighted by molar-refractivity contribution is -0.146. The SMILES string of the molecule is CC1C[C@H](C(=O)NCC2CC3CCC2C3)[C@H](C(=O)O)C1. The molecule has 0 radical (unpaired) electrons. The molecule has 2 bridgehead atoms. The fourth-order valence-corrected chi connectivity index (χ4v) is 4.84. The van der Waals surface area contributed by atoms with Crippen LogP contribution in [-0.2, 0) is 9.59 Å². The summed E-state index contributed by atoms with van der Waals surface area (Å²) in [6, 6.07) is 0. The van der Waals surface area contributed by atoms with E-state index in [1.807, 2.05) is 6.92 Å². The molecule has 4 unspecified atom stereocenters. The molecule has 0 saturated heterocycles. The molecule has 0 aromatic heterocycles. The summed E-state index contributed by atoms with van der Waals surface area (Å²) in [6.07, 6.45) is 6.66. The Morgan fingerprint density at radius 1 is 1.10 bits per heavy atom. The van der Waals surface area contributed by atoms with E-state index in [9.17, 15) is 14.7 Å². The molecule has 0 spiro atoms. The standard InChI is InChI=1S/C16H25NO3/c1-9-4-13(14(5-9)16(19)20)15(18)17-8-12-7-10-2-3-11(12)6-10/h9-14H,2-8H2,1H3,(H,17,18)(H,19,20)/t9?,10?,11?,12?,13-,14+/m0/s1. The van der Waals surface area contributed by atoms with Crippen molar-refractivity contribution in [3.63, 3.8) is 0 Å². The second-order valence-electron chi connectivity index (χ2n) is 7.31. The predicted molar refractivity (Wildman–Crippen MR) is 75.0 cm³/mol. The molecule has 3 fully saturated rings. The summed E-state index contributed by atoms with van der Waals surface area (Å²) in [5.41, 5.74) is 0. The smallest absolute Gasteiger partial charge is 0.307 e. The Morgan fingerprint density at radius 2 is 1.85 bits per heavy atom. The zero-order chi connectivity index (χ0) is 14.3. The Kier molecular flexibility index (Phi) is 3.74. The number of hydrogen-bond acceptors (Lipinski definition) is 2. The van der Waals surface area contributed by atoms with Gasteiger partial charge < -0.3 is 10.4 Å². The van der Waals surface area contributed by atoms with Crippen molar-refractivity contribution < 1.29 is 14.7 Å². The highest BCUT2D eigenvalue weighted by molar-refractivity contribution is 5.85. The Labute approximate surface area is 120 Å². The zero-order valence-electron chi connectivity index (χ0n) is 12.2. The van der Waals surface area contributed by atoms with Gasteiger partial charge in [0.25, 0.3) is 0 Å². The normalized spacial score (nSPS) is 42.9. The van der Waals surface area contributed by atoms with Crippen LogP contribution >= 0.6 is 0 Å². The second-order valence-corrected chi connectivity index (χ2v) is 7.31. The first-order valence-corrected chi connectivity index (χ1v) is 8.05. The molecule has 0 aromatic carbocycles. The lowest BCUT2D eigenvalue weighted by Crippen LogP contribution is -2.38. The molecule has 3 rings (SSSR count). The molecule has 0 aliphatic heterocycles. The first kappa shape index (κ1) is 13.9. The van der Waals surface area contributed by atoms with Gasteiger partial charge in [-0.2, -0.15) is 0 Å². The number of hydrogen-bond donors (Lipinski definition) is 2. The van der Waals surface area contributed by atoms with Crippen molar-refractivity contribution in [2.24, 2.45) is 35.5 Å².